The summed E-state index contributed by atoms with van der Waals surface area (Å²) in [6.45, 7) is 0.497. The number of rotatable bonds is 3. The van der Waals surface area contributed by atoms with Crippen LogP contribution in [-0.2, 0) is 4.79 Å². The van der Waals surface area contributed by atoms with Crippen molar-refractivity contribution in [2.45, 2.75) is 12.5 Å². The molecule has 1 N–H and O–H groups in total. The minimum Gasteiger partial charge on any atom is -0.330 e. The lowest BCUT2D eigenvalue weighted by Gasteiger charge is -2.24. The second-order valence-corrected chi connectivity index (χ2v) is 6.01. The Morgan fingerprint density at radius 1 is 1.25 bits per heavy atom. The van der Waals surface area contributed by atoms with E-state index in [2.05, 4.69) is 4.98 Å². The summed E-state index contributed by atoms with van der Waals surface area (Å²) in [6.07, 6.45) is 1.88. The molecule has 3 rings (SSSR count). The van der Waals surface area contributed by atoms with Crippen LogP contribution in [0.3, 0.4) is 0 Å². The number of hydrogen-bond donors (Lipinski definition) is 1. The van der Waals surface area contributed by atoms with E-state index >= 15 is 0 Å². The molecule has 0 spiro atoms. The third kappa shape index (κ3) is 2.92. The fourth-order valence-corrected chi connectivity index (χ4v) is 3.06. The fourth-order valence-electron chi connectivity index (χ4n) is 2.82. The molecule has 1 aromatic carbocycles. The average molecular weight is 346 g/mol. The van der Waals surface area contributed by atoms with Crippen molar-refractivity contribution in [1.29, 1.82) is 0 Å². The lowest BCUT2D eigenvalue weighted by molar-refractivity contribution is -0.120. The molecule has 24 heavy (non-hydrogen) atoms. The zero-order valence-corrected chi connectivity index (χ0v) is 13.8. The number of aromatic nitrogens is 1. The van der Waals surface area contributed by atoms with Crippen molar-refractivity contribution in [3.8, 4) is 0 Å². The van der Waals surface area contributed by atoms with Gasteiger partial charge < -0.3 is 14.8 Å². The van der Waals surface area contributed by atoms with Crippen molar-refractivity contribution in [1.82, 2.24) is 9.88 Å². The summed E-state index contributed by atoms with van der Waals surface area (Å²) in [6, 6.07) is 9.31. The lowest BCUT2D eigenvalue weighted by atomic mass is 10.2. The van der Waals surface area contributed by atoms with Gasteiger partial charge in [-0.2, -0.15) is 0 Å². The highest BCUT2D eigenvalue weighted by Crippen LogP contribution is 2.30. The molecule has 1 aromatic heterocycles. The van der Waals surface area contributed by atoms with Gasteiger partial charge in [-0.15, -0.1) is 0 Å². The van der Waals surface area contributed by atoms with Gasteiger partial charge in [0.05, 0.1) is 16.3 Å². The summed E-state index contributed by atoms with van der Waals surface area (Å²) in [5.41, 5.74) is 0.702. The van der Waals surface area contributed by atoms with Crippen LogP contribution in [0.5, 0.6) is 0 Å². The molecule has 1 aliphatic heterocycles. The van der Waals surface area contributed by atoms with E-state index in [1.165, 1.54) is 23.2 Å². The van der Waals surface area contributed by atoms with Gasteiger partial charge in [0.25, 0.3) is 5.91 Å². The zero-order valence-electron chi connectivity index (χ0n) is 13.0. The van der Waals surface area contributed by atoms with Crippen LogP contribution in [0.1, 0.15) is 16.8 Å². The van der Waals surface area contributed by atoms with E-state index < -0.39 is 6.04 Å². The van der Waals surface area contributed by atoms with Crippen molar-refractivity contribution >= 4 is 29.1 Å². The molecule has 1 saturated heterocycles. The third-order valence-electron chi connectivity index (χ3n) is 4.14. The number of halogens is 1. The van der Waals surface area contributed by atoms with E-state index in [1.54, 1.807) is 30.1 Å². The number of nitrogens with zero attached hydrogens (tertiary/aromatic N) is 2. The number of pyridine rings is 1. The monoisotopic (exact) mass is 345 g/mol. The maximum atomic E-state index is 12.7. The SMILES string of the molecule is CN(C(=O)c1ccc(=O)[nH]c1)C1CCN(c2ccccc2Cl)C1=O. The Bertz CT molecular complexity index is 828. The highest BCUT2D eigenvalue weighted by molar-refractivity contribution is 6.34. The molecule has 2 amide bonds. The fraction of sp³-hybridized carbons (Fsp3) is 0.235. The molecule has 1 aliphatic rings. The number of anilines is 1. The molecular formula is C17H16ClN3O3. The van der Waals surface area contributed by atoms with Gasteiger partial charge in [-0.3, -0.25) is 14.4 Å². The Balaban J connectivity index is 1.79. The van der Waals surface area contributed by atoms with Gasteiger partial charge in [0, 0.05) is 25.9 Å². The normalized spacial score (nSPS) is 17.2. The quantitative estimate of drug-likeness (QED) is 0.923. The second-order valence-electron chi connectivity index (χ2n) is 5.60. The van der Waals surface area contributed by atoms with Crippen LogP contribution < -0.4 is 10.5 Å². The summed E-state index contributed by atoms with van der Waals surface area (Å²) in [5, 5.41) is 0.501. The Labute approximate surface area is 143 Å². The van der Waals surface area contributed by atoms with Gasteiger partial charge in [-0.05, 0) is 24.6 Å². The first-order chi connectivity index (χ1) is 11.5. The number of aromatic amines is 1. The van der Waals surface area contributed by atoms with Crippen molar-refractivity contribution in [2.75, 3.05) is 18.5 Å². The summed E-state index contributed by atoms with van der Waals surface area (Å²) in [5.74, 6) is -0.478. The summed E-state index contributed by atoms with van der Waals surface area (Å²) in [7, 11) is 1.59. The maximum absolute atomic E-state index is 12.7. The largest absolute Gasteiger partial charge is 0.330 e. The molecule has 1 fully saturated rings. The van der Waals surface area contributed by atoms with Gasteiger partial charge in [0.15, 0.2) is 0 Å². The minimum absolute atomic E-state index is 0.164. The Hall–Kier alpha value is -2.60. The topological polar surface area (TPSA) is 73.5 Å². The van der Waals surface area contributed by atoms with Crippen molar-refractivity contribution in [2.24, 2.45) is 0 Å². The molecule has 0 bridgehead atoms. The number of para-hydroxylation sites is 1. The number of amides is 2. The first-order valence-corrected chi connectivity index (χ1v) is 7.88. The standard InChI is InChI=1S/C17H16ClN3O3/c1-20(16(23)11-6-7-15(22)19-10-11)14-8-9-21(17(14)24)13-5-3-2-4-12(13)18/h2-7,10,14H,8-9H2,1H3,(H,19,22). The van der Waals surface area contributed by atoms with Crippen LogP contribution in [0.2, 0.25) is 5.02 Å². The average Bonchev–Trinajstić information content (AvgIpc) is 2.96. The molecule has 1 atom stereocenters. The molecule has 0 aliphatic carbocycles. The van der Waals surface area contributed by atoms with Crippen LogP contribution in [0.15, 0.2) is 47.4 Å². The molecule has 6 nitrogen and oxygen atoms in total. The summed E-state index contributed by atoms with van der Waals surface area (Å²) in [4.78, 5) is 41.8. The Morgan fingerprint density at radius 3 is 2.67 bits per heavy atom. The number of nitrogens with one attached hydrogen (secondary N) is 1. The van der Waals surface area contributed by atoms with Crippen LogP contribution in [0.25, 0.3) is 0 Å². The predicted octanol–water partition coefficient (Wildman–Crippen LogP) is 1.91. The van der Waals surface area contributed by atoms with E-state index in [-0.39, 0.29) is 17.4 Å². The van der Waals surface area contributed by atoms with Crippen molar-refractivity contribution < 1.29 is 9.59 Å². The number of H-pyrrole nitrogens is 1. The Morgan fingerprint density at radius 2 is 2.00 bits per heavy atom. The van der Waals surface area contributed by atoms with Gasteiger partial charge in [0.2, 0.25) is 11.5 Å². The van der Waals surface area contributed by atoms with Crippen LogP contribution in [-0.4, -0.2) is 41.3 Å². The molecule has 2 aromatic rings. The number of likely N-dealkylation sites (N-methyl/N-ethyl adjacent to an activating group) is 1. The first kappa shape index (κ1) is 16.3. The van der Waals surface area contributed by atoms with Crippen molar-refractivity contribution in [3.05, 3.63) is 63.5 Å². The molecule has 0 radical (unpaired) electrons. The van der Waals surface area contributed by atoms with E-state index in [0.29, 0.717) is 29.2 Å². The molecule has 1 unspecified atom stereocenters. The van der Waals surface area contributed by atoms with Gasteiger partial charge in [-0.1, -0.05) is 23.7 Å². The molecule has 0 saturated carbocycles. The van der Waals surface area contributed by atoms with E-state index in [1.807, 2.05) is 6.07 Å². The molecule has 124 valence electrons. The van der Waals surface area contributed by atoms with E-state index in [0.717, 1.165) is 0 Å². The summed E-state index contributed by atoms with van der Waals surface area (Å²) < 4.78 is 0. The van der Waals surface area contributed by atoms with Crippen LogP contribution in [0.4, 0.5) is 5.69 Å². The maximum Gasteiger partial charge on any atom is 0.255 e. The van der Waals surface area contributed by atoms with Gasteiger partial charge in [0.1, 0.15) is 6.04 Å². The number of carbonyl (C=O) groups is 2. The number of carbonyl (C=O) groups excluding carboxylic acids is 2. The second kappa shape index (κ2) is 6.49. The third-order valence-corrected chi connectivity index (χ3v) is 4.46. The summed E-state index contributed by atoms with van der Waals surface area (Å²) >= 11 is 6.16. The Kier molecular flexibility index (Phi) is 4.40. The van der Waals surface area contributed by atoms with Crippen LogP contribution >= 0.6 is 11.6 Å². The minimum atomic E-state index is -0.555. The highest BCUT2D eigenvalue weighted by atomic mass is 35.5. The number of hydrogen-bond acceptors (Lipinski definition) is 3. The van der Waals surface area contributed by atoms with Crippen molar-refractivity contribution in [3.63, 3.8) is 0 Å². The molecule has 7 heteroatoms. The highest BCUT2D eigenvalue weighted by Gasteiger charge is 2.38. The number of benzene rings is 1. The molecule has 2 heterocycles. The zero-order chi connectivity index (χ0) is 17.3. The van der Waals surface area contributed by atoms with Gasteiger partial charge >= 0.3 is 0 Å². The van der Waals surface area contributed by atoms with E-state index in [4.69, 9.17) is 11.6 Å². The predicted molar refractivity (Wildman–Crippen MR) is 91.4 cm³/mol. The van der Waals surface area contributed by atoms with Gasteiger partial charge in [-0.25, -0.2) is 0 Å². The lowest BCUT2D eigenvalue weighted by Crippen LogP contribution is -2.43. The van der Waals surface area contributed by atoms with Crippen LogP contribution in [0, 0.1) is 0 Å². The molecular weight excluding hydrogens is 330 g/mol. The smallest absolute Gasteiger partial charge is 0.255 e. The van der Waals surface area contributed by atoms with E-state index in [9.17, 15) is 14.4 Å². The first-order valence-electron chi connectivity index (χ1n) is 7.51.